The Bertz CT molecular complexity index is 141. The average molecular weight is 324 g/mol. The van der Waals surface area contributed by atoms with Crippen LogP contribution in [0, 0.1) is 0 Å². The van der Waals surface area contributed by atoms with Crippen molar-refractivity contribution < 1.29 is 14.4 Å². The van der Waals surface area contributed by atoms with E-state index in [1.807, 2.05) is 0 Å². The van der Waals surface area contributed by atoms with Crippen molar-refractivity contribution in [2.45, 2.75) is 19.8 Å². The number of ether oxygens (including phenoxy) is 2. The summed E-state index contributed by atoms with van der Waals surface area (Å²) in [6.45, 7) is 8.30. The number of halogens is 3. The normalized spacial score (nSPS) is 10.7. The van der Waals surface area contributed by atoms with Crippen molar-refractivity contribution in [2.24, 2.45) is 0 Å². The second kappa shape index (κ2) is 17.8. The van der Waals surface area contributed by atoms with Gasteiger partial charge in [-0.25, -0.2) is 0 Å². The zero-order valence-electron chi connectivity index (χ0n) is 11.3. The van der Waals surface area contributed by atoms with Crippen molar-refractivity contribution in [1.29, 1.82) is 0 Å². The van der Waals surface area contributed by atoms with E-state index in [1.54, 1.807) is 0 Å². The van der Waals surface area contributed by atoms with E-state index < -0.39 is 0 Å². The lowest BCUT2D eigenvalue weighted by atomic mass is 10.3. The van der Waals surface area contributed by atoms with Gasteiger partial charge in [0, 0.05) is 11.8 Å². The Labute approximate surface area is 128 Å². The summed E-state index contributed by atoms with van der Waals surface area (Å²) in [5.74, 6) is 1.15. The highest BCUT2D eigenvalue weighted by Crippen LogP contribution is 1.81. The molecule has 18 heavy (non-hydrogen) atoms. The van der Waals surface area contributed by atoms with Crippen molar-refractivity contribution in [3.05, 3.63) is 0 Å². The molecule has 0 aromatic heterocycles. The summed E-state index contributed by atoms with van der Waals surface area (Å²) >= 11 is 11.1. The fourth-order valence-corrected chi connectivity index (χ4v) is 1.77. The zero-order chi connectivity index (χ0) is 12.8. The van der Waals surface area contributed by atoms with Crippen LogP contribution in [0.4, 0.5) is 0 Å². The summed E-state index contributed by atoms with van der Waals surface area (Å²) < 4.78 is 10.8. The predicted octanol–water partition coefficient (Wildman–Crippen LogP) is 1.60. The van der Waals surface area contributed by atoms with Crippen LogP contribution in [-0.4, -0.2) is 57.8 Å². The van der Waals surface area contributed by atoms with Gasteiger partial charge >= 0.3 is 0 Å². The van der Waals surface area contributed by atoms with Crippen molar-refractivity contribution in [3.8, 4) is 0 Å². The maximum absolute atomic E-state index is 5.55. The minimum absolute atomic E-state index is 0. The standard InChI is InChI=1S/C12H25Cl2NO2.ClH/c1-2-3-6-15(7-11-16-9-4-13)8-12-17-10-5-14;/h2-12H2,1H3;1H/p+1. The van der Waals surface area contributed by atoms with Crippen molar-refractivity contribution in [1.82, 2.24) is 0 Å². The SMILES string of the molecule is CCCC[NH+](CCOCCCl)CCOCCCl.Cl. The fraction of sp³-hybridized carbons (Fsp3) is 1.00. The van der Waals surface area contributed by atoms with Gasteiger partial charge in [0.15, 0.2) is 0 Å². The average Bonchev–Trinajstić information content (AvgIpc) is 2.35. The third-order valence-electron chi connectivity index (χ3n) is 2.53. The van der Waals surface area contributed by atoms with Crippen LogP contribution < -0.4 is 4.90 Å². The van der Waals surface area contributed by atoms with Gasteiger partial charge in [0.2, 0.25) is 0 Å². The van der Waals surface area contributed by atoms with E-state index in [4.69, 9.17) is 32.7 Å². The summed E-state index contributed by atoms with van der Waals surface area (Å²) in [7, 11) is 0. The van der Waals surface area contributed by atoms with E-state index in [-0.39, 0.29) is 12.4 Å². The molecular weight excluding hydrogens is 296 g/mol. The minimum atomic E-state index is 0. The summed E-state index contributed by atoms with van der Waals surface area (Å²) in [5, 5.41) is 0. The van der Waals surface area contributed by atoms with Gasteiger partial charge in [-0.2, -0.15) is 0 Å². The molecule has 0 spiro atoms. The Hall–Kier alpha value is 0.750. The first-order valence-corrected chi connectivity index (χ1v) is 7.53. The lowest BCUT2D eigenvalue weighted by molar-refractivity contribution is -0.901. The summed E-state index contributed by atoms with van der Waals surface area (Å²) in [6, 6.07) is 0. The smallest absolute Gasteiger partial charge is 0.101 e. The molecule has 0 radical (unpaired) electrons. The van der Waals surface area contributed by atoms with Gasteiger partial charge in [-0.1, -0.05) is 13.3 Å². The molecular formula is C12H27Cl3NO2+. The lowest BCUT2D eigenvalue weighted by Gasteiger charge is -2.19. The van der Waals surface area contributed by atoms with E-state index in [0.717, 1.165) is 26.3 Å². The van der Waals surface area contributed by atoms with E-state index in [2.05, 4.69) is 6.92 Å². The summed E-state index contributed by atoms with van der Waals surface area (Å²) in [6.07, 6.45) is 2.48. The summed E-state index contributed by atoms with van der Waals surface area (Å²) in [5.41, 5.74) is 0. The Morgan fingerprint density at radius 1 is 0.833 bits per heavy atom. The quantitative estimate of drug-likeness (QED) is 0.411. The van der Waals surface area contributed by atoms with Crippen LogP contribution in [0.2, 0.25) is 0 Å². The second-order valence-electron chi connectivity index (χ2n) is 3.96. The van der Waals surface area contributed by atoms with Gasteiger partial charge in [-0.15, -0.1) is 35.6 Å². The largest absolute Gasteiger partial charge is 0.374 e. The number of rotatable bonds is 13. The highest BCUT2D eigenvalue weighted by Gasteiger charge is 2.07. The first kappa shape index (κ1) is 21.1. The maximum atomic E-state index is 5.55. The Balaban J connectivity index is 0. The van der Waals surface area contributed by atoms with Gasteiger partial charge in [0.25, 0.3) is 0 Å². The Morgan fingerprint density at radius 3 is 1.72 bits per heavy atom. The Morgan fingerprint density at radius 2 is 1.33 bits per heavy atom. The van der Waals surface area contributed by atoms with E-state index in [9.17, 15) is 0 Å². The second-order valence-corrected chi connectivity index (χ2v) is 4.71. The van der Waals surface area contributed by atoms with Crippen LogP contribution >= 0.6 is 35.6 Å². The molecule has 0 atom stereocenters. The van der Waals surface area contributed by atoms with Crippen molar-refractivity contribution in [2.75, 3.05) is 57.8 Å². The third-order valence-corrected chi connectivity index (χ3v) is 2.84. The fourth-order valence-electron chi connectivity index (χ4n) is 1.55. The molecule has 0 amide bonds. The monoisotopic (exact) mass is 322 g/mol. The summed E-state index contributed by atoms with van der Waals surface area (Å²) in [4.78, 5) is 1.54. The van der Waals surface area contributed by atoms with E-state index in [0.29, 0.717) is 25.0 Å². The maximum Gasteiger partial charge on any atom is 0.101 e. The van der Waals surface area contributed by atoms with Crippen LogP contribution in [-0.2, 0) is 9.47 Å². The molecule has 0 aliphatic carbocycles. The minimum Gasteiger partial charge on any atom is -0.374 e. The molecule has 0 aromatic carbocycles. The lowest BCUT2D eigenvalue weighted by Crippen LogP contribution is -3.13. The molecule has 0 fully saturated rings. The van der Waals surface area contributed by atoms with Crippen LogP contribution in [0.25, 0.3) is 0 Å². The molecule has 0 bridgehead atoms. The number of quaternary nitrogens is 1. The van der Waals surface area contributed by atoms with Gasteiger partial charge in [-0.3, -0.25) is 0 Å². The Kier molecular flexibility index (Phi) is 20.8. The predicted molar refractivity (Wildman–Crippen MR) is 80.8 cm³/mol. The molecule has 0 aliphatic rings. The molecule has 1 N–H and O–H groups in total. The van der Waals surface area contributed by atoms with Crippen molar-refractivity contribution >= 4 is 35.6 Å². The highest BCUT2D eigenvalue weighted by atomic mass is 35.5. The molecule has 0 unspecified atom stereocenters. The van der Waals surface area contributed by atoms with Crippen LogP contribution in [0.15, 0.2) is 0 Å². The molecule has 0 heterocycles. The number of hydrogen-bond donors (Lipinski definition) is 1. The van der Waals surface area contributed by atoms with Gasteiger partial charge in [0.1, 0.15) is 13.1 Å². The molecule has 6 heteroatoms. The zero-order valence-corrected chi connectivity index (χ0v) is 13.6. The molecule has 0 aliphatic heterocycles. The van der Waals surface area contributed by atoms with Crippen LogP contribution in [0.1, 0.15) is 19.8 Å². The van der Waals surface area contributed by atoms with Gasteiger partial charge in [0.05, 0.1) is 33.0 Å². The van der Waals surface area contributed by atoms with Crippen LogP contribution in [0.5, 0.6) is 0 Å². The van der Waals surface area contributed by atoms with E-state index >= 15 is 0 Å². The first-order chi connectivity index (χ1) is 8.35. The molecule has 3 nitrogen and oxygen atoms in total. The van der Waals surface area contributed by atoms with Crippen molar-refractivity contribution in [3.63, 3.8) is 0 Å². The number of unbranched alkanes of at least 4 members (excludes halogenated alkanes) is 1. The van der Waals surface area contributed by atoms with Gasteiger partial charge < -0.3 is 14.4 Å². The molecule has 0 saturated carbocycles. The van der Waals surface area contributed by atoms with Crippen LogP contribution in [0.3, 0.4) is 0 Å². The molecule has 0 saturated heterocycles. The van der Waals surface area contributed by atoms with Gasteiger partial charge in [-0.05, 0) is 6.42 Å². The van der Waals surface area contributed by atoms with E-state index in [1.165, 1.54) is 24.3 Å². The molecule has 0 aromatic rings. The highest BCUT2D eigenvalue weighted by molar-refractivity contribution is 6.18. The molecule has 112 valence electrons. The number of nitrogens with one attached hydrogen (secondary N) is 1. The number of hydrogen-bond acceptors (Lipinski definition) is 2. The number of alkyl halides is 2. The first-order valence-electron chi connectivity index (χ1n) is 6.46. The third kappa shape index (κ3) is 14.8. The molecule has 0 rings (SSSR count). The topological polar surface area (TPSA) is 22.9 Å².